The van der Waals surface area contributed by atoms with Crippen LogP contribution < -0.4 is 9.47 Å². The third-order valence-corrected chi connectivity index (χ3v) is 4.52. The summed E-state index contributed by atoms with van der Waals surface area (Å²) in [5.41, 5.74) is 2.40. The second-order valence-corrected chi connectivity index (χ2v) is 5.97. The third kappa shape index (κ3) is 3.69. The van der Waals surface area contributed by atoms with Crippen molar-refractivity contribution < 1.29 is 14.6 Å². The SMILES string of the molecule is COc1cc(C)c(CN(C)C2CCCCC2O)cc1OC. The highest BCUT2D eigenvalue weighted by Crippen LogP contribution is 2.31. The lowest BCUT2D eigenvalue weighted by molar-refractivity contribution is 0.0287. The van der Waals surface area contributed by atoms with Crippen LogP contribution in [0.25, 0.3) is 0 Å². The van der Waals surface area contributed by atoms with Crippen molar-refractivity contribution in [2.24, 2.45) is 0 Å². The van der Waals surface area contributed by atoms with Gasteiger partial charge in [0.05, 0.1) is 20.3 Å². The second-order valence-electron chi connectivity index (χ2n) is 5.97. The van der Waals surface area contributed by atoms with Gasteiger partial charge in [-0.2, -0.15) is 0 Å². The summed E-state index contributed by atoms with van der Waals surface area (Å²) < 4.78 is 10.7. The third-order valence-electron chi connectivity index (χ3n) is 4.52. The van der Waals surface area contributed by atoms with Crippen molar-refractivity contribution in [2.75, 3.05) is 21.3 Å². The quantitative estimate of drug-likeness (QED) is 0.906. The number of hydrogen-bond donors (Lipinski definition) is 1. The van der Waals surface area contributed by atoms with Gasteiger partial charge in [0.1, 0.15) is 0 Å². The van der Waals surface area contributed by atoms with Crippen molar-refractivity contribution in [1.82, 2.24) is 4.90 Å². The Balaban J connectivity index is 2.14. The van der Waals surface area contributed by atoms with E-state index in [1.165, 1.54) is 17.5 Å². The van der Waals surface area contributed by atoms with E-state index < -0.39 is 0 Å². The van der Waals surface area contributed by atoms with Gasteiger partial charge >= 0.3 is 0 Å². The van der Waals surface area contributed by atoms with Gasteiger partial charge in [-0.3, -0.25) is 4.90 Å². The van der Waals surface area contributed by atoms with Crippen LogP contribution in [0, 0.1) is 6.92 Å². The van der Waals surface area contributed by atoms with Gasteiger partial charge < -0.3 is 14.6 Å². The summed E-state index contributed by atoms with van der Waals surface area (Å²) in [5.74, 6) is 1.52. The number of nitrogens with zero attached hydrogens (tertiary/aromatic N) is 1. The molecule has 0 aliphatic heterocycles. The molecule has 4 heteroatoms. The number of likely N-dealkylation sites (N-methyl/N-ethyl adjacent to an activating group) is 1. The number of benzene rings is 1. The van der Waals surface area contributed by atoms with E-state index in [4.69, 9.17) is 9.47 Å². The zero-order chi connectivity index (χ0) is 15.4. The van der Waals surface area contributed by atoms with E-state index in [0.29, 0.717) is 0 Å². The van der Waals surface area contributed by atoms with E-state index in [1.54, 1.807) is 14.2 Å². The predicted molar refractivity (Wildman–Crippen MR) is 84.0 cm³/mol. The highest BCUT2D eigenvalue weighted by Gasteiger charge is 2.26. The van der Waals surface area contributed by atoms with Crippen molar-refractivity contribution in [3.8, 4) is 11.5 Å². The van der Waals surface area contributed by atoms with Gasteiger partial charge in [-0.15, -0.1) is 0 Å². The molecule has 2 unspecified atom stereocenters. The zero-order valence-corrected chi connectivity index (χ0v) is 13.6. The van der Waals surface area contributed by atoms with Crippen LogP contribution in [0.2, 0.25) is 0 Å². The lowest BCUT2D eigenvalue weighted by Gasteiger charge is -2.35. The van der Waals surface area contributed by atoms with Crippen LogP contribution in [0.4, 0.5) is 0 Å². The summed E-state index contributed by atoms with van der Waals surface area (Å²) in [6.07, 6.45) is 4.13. The van der Waals surface area contributed by atoms with Crippen LogP contribution in [-0.4, -0.2) is 43.4 Å². The van der Waals surface area contributed by atoms with E-state index >= 15 is 0 Å². The van der Waals surface area contributed by atoms with Crippen molar-refractivity contribution in [1.29, 1.82) is 0 Å². The summed E-state index contributed by atoms with van der Waals surface area (Å²) >= 11 is 0. The molecule has 1 aliphatic rings. The topological polar surface area (TPSA) is 41.9 Å². The van der Waals surface area contributed by atoms with Gasteiger partial charge in [-0.25, -0.2) is 0 Å². The van der Waals surface area contributed by atoms with Gasteiger partial charge in [0.25, 0.3) is 0 Å². The molecule has 0 aromatic heterocycles. The molecule has 4 nitrogen and oxygen atoms in total. The minimum Gasteiger partial charge on any atom is -0.493 e. The lowest BCUT2D eigenvalue weighted by atomic mass is 9.91. The number of ether oxygens (including phenoxy) is 2. The van der Waals surface area contributed by atoms with E-state index in [1.807, 2.05) is 12.1 Å². The summed E-state index contributed by atoms with van der Waals surface area (Å²) in [5, 5.41) is 10.2. The first kappa shape index (κ1) is 16.1. The van der Waals surface area contributed by atoms with Crippen LogP contribution in [0.15, 0.2) is 12.1 Å². The van der Waals surface area contributed by atoms with Crippen LogP contribution >= 0.6 is 0 Å². The average molecular weight is 293 g/mol. The normalized spacial score (nSPS) is 22.4. The molecule has 1 aliphatic carbocycles. The van der Waals surface area contributed by atoms with Crippen LogP contribution in [-0.2, 0) is 6.54 Å². The molecule has 0 saturated heterocycles. The highest BCUT2D eigenvalue weighted by atomic mass is 16.5. The number of rotatable bonds is 5. The number of hydrogen-bond acceptors (Lipinski definition) is 4. The van der Waals surface area contributed by atoms with E-state index in [-0.39, 0.29) is 12.1 Å². The second kappa shape index (κ2) is 7.14. The fourth-order valence-corrected chi connectivity index (χ4v) is 3.18. The molecule has 1 saturated carbocycles. The van der Waals surface area contributed by atoms with Gasteiger partial charge in [0.2, 0.25) is 0 Å². The van der Waals surface area contributed by atoms with Crippen LogP contribution in [0.3, 0.4) is 0 Å². The minimum absolute atomic E-state index is 0.204. The molecule has 0 radical (unpaired) electrons. The van der Waals surface area contributed by atoms with Crippen molar-refractivity contribution in [3.05, 3.63) is 23.3 Å². The number of aliphatic hydroxyl groups is 1. The molecule has 2 atom stereocenters. The van der Waals surface area contributed by atoms with Crippen LogP contribution in [0.5, 0.6) is 11.5 Å². The predicted octanol–water partition coefficient (Wildman–Crippen LogP) is 2.75. The fourth-order valence-electron chi connectivity index (χ4n) is 3.18. The Bertz CT molecular complexity index is 475. The maximum atomic E-state index is 10.2. The van der Waals surface area contributed by atoms with Gasteiger partial charge in [-0.05, 0) is 50.1 Å². The summed E-state index contributed by atoms with van der Waals surface area (Å²) in [6.45, 7) is 2.90. The van der Waals surface area contributed by atoms with Crippen molar-refractivity contribution in [2.45, 2.75) is 51.3 Å². The average Bonchev–Trinajstić information content (AvgIpc) is 2.49. The fraction of sp³-hybridized carbons (Fsp3) is 0.647. The molecule has 1 aromatic rings. The Morgan fingerprint density at radius 2 is 1.76 bits per heavy atom. The molecular formula is C17H27NO3. The van der Waals surface area contributed by atoms with E-state index in [2.05, 4.69) is 18.9 Å². The lowest BCUT2D eigenvalue weighted by Crippen LogP contribution is -2.42. The molecule has 0 bridgehead atoms. The van der Waals surface area contributed by atoms with Gasteiger partial charge in [-0.1, -0.05) is 12.8 Å². The Kier molecular flexibility index (Phi) is 5.48. The number of aryl methyl sites for hydroxylation is 1. The summed E-state index contributed by atoms with van der Waals surface area (Å²) in [4.78, 5) is 2.26. The van der Waals surface area contributed by atoms with Gasteiger partial charge in [0, 0.05) is 12.6 Å². The standard InChI is InChI=1S/C17H27NO3/c1-12-9-16(20-3)17(21-4)10-13(12)11-18(2)14-7-5-6-8-15(14)19/h9-10,14-15,19H,5-8,11H2,1-4H3. The number of aliphatic hydroxyl groups excluding tert-OH is 1. The molecule has 0 heterocycles. The van der Waals surface area contributed by atoms with E-state index in [9.17, 15) is 5.11 Å². The monoisotopic (exact) mass is 293 g/mol. The van der Waals surface area contributed by atoms with Crippen molar-refractivity contribution in [3.63, 3.8) is 0 Å². The zero-order valence-electron chi connectivity index (χ0n) is 13.6. The number of methoxy groups -OCH3 is 2. The molecule has 0 amide bonds. The van der Waals surface area contributed by atoms with E-state index in [0.717, 1.165) is 37.3 Å². The molecule has 2 rings (SSSR count). The summed E-state index contributed by atoms with van der Waals surface area (Å²) in [6, 6.07) is 4.31. The maximum Gasteiger partial charge on any atom is 0.161 e. The molecular weight excluding hydrogens is 266 g/mol. The Labute approximate surface area is 127 Å². The Morgan fingerprint density at radius 1 is 1.14 bits per heavy atom. The first-order chi connectivity index (χ1) is 10.1. The molecule has 1 fully saturated rings. The Hall–Kier alpha value is -1.26. The molecule has 21 heavy (non-hydrogen) atoms. The molecule has 1 aromatic carbocycles. The first-order valence-electron chi connectivity index (χ1n) is 7.66. The smallest absolute Gasteiger partial charge is 0.161 e. The molecule has 118 valence electrons. The molecule has 1 N–H and O–H groups in total. The summed E-state index contributed by atoms with van der Waals surface area (Å²) in [7, 11) is 5.41. The largest absolute Gasteiger partial charge is 0.493 e. The maximum absolute atomic E-state index is 10.2. The van der Waals surface area contributed by atoms with Crippen LogP contribution in [0.1, 0.15) is 36.8 Å². The first-order valence-corrected chi connectivity index (χ1v) is 7.66. The highest BCUT2D eigenvalue weighted by molar-refractivity contribution is 5.47. The molecule has 0 spiro atoms. The van der Waals surface area contributed by atoms with Crippen molar-refractivity contribution >= 4 is 0 Å². The van der Waals surface area contributed by atoms with Gasteiger partial charge in [0.15, 0.2) is 11.5 Å². The Morgan fingerprint density at radius 3 is 2.38 bits per heavy atom. The minimum atomic E-state index is -0.204.